The number of aliphatic hydroxyl groups is 2. The number of carbonyl (C=O) groups excluding carboxylic acids is 2. The fraction of sp³-hybridized carbons (Fsp3) is 0.397. The number of esters is 2. The molecule has 5 aliphatic carbocycles. The minimum atomic E-state index is -1.10. The minimum Gasteiger partial charge on any atom is -0.508 e. The molecule has 11 nitrogen and oxygen atoms in total. The summed E-state index contributed by atoms with van der Waals surface area (Å²) in [5.41, 5.74) is 5.32. The van der Waals surface area contributed by atoms with Crippen LogP contribution >= 0.6 is 0 Å². The molecule has 11 unspecified atom stereocenters. The topological polar surface area (TPSA) is 172 Å². The van der Waals surface area contributed by atoms with Crippen molar-refractivity contribution in [3.8, 4) is 39.9 Å². The van der Waals surface area contributed by atoms with Crippen molar-refractivity contribution in [1.82, 2.24) is 0 Å². The van der Waals surface area contributed by atoms with Gasteiger partial charge in [-0.15, -0.1) is 0 Å². The van der Waals surface area contributed by atoms with E-state index in [2.05, 4.69) is 30.4 Å². The average molecular weight is 999 g/mol. The molecule has 3 fully saturated rings. The van der Waals surface area contributed by atoms with Gasteiger partial charge in [0.25, 0.3) is 0 Å². The third-order valence-electron chi connectivity index (χ3n) is 18.1. The normalized spacial score (nSPS) is 28.8. The molecule has 0 heterocycles. The number of aliphatic hydroxyl groups excluding tert-OH is 2. The van der Waals surface area contributed by atoms with E-state index in [4.69, 9.17) is 18.9 Å². The molecular formula is C63H66O11. The van der Waals surface area contributed by atoms with Crippen LogP contribution in [-0.4, -0.2) is 76.6 Å². The lowest BCUT2D eigenvalue weighted by Gasteiger charge is -2.64. The van der Waals surface area contributed by atoms with Gasteiger partial charge in [-0.3, -0.25) is 9.59 Å². The van der Waals surface area contributed by atoms with Gasteiger partial charge in [-0.05, 0) is 179 Å². The summed E-state index contributed by atoms with van der Waals surface area (Å²) in [7, 11) is 3.06. The Morgan fingerprint density at radius 1 is 0.770 bits per heavy atom. The molecule has 0 radical (unpaired) electrons. The number of methoxy groups -OCH3 is 2. The van der Waals surface area contributed by atoms with Crippen molar-refractivity contribution in [2.75, 3.05) is 20.8 Å². The Kier molecular flexibility index (Phi) is 13.2. The Labute approximate surface area is 432 Å². The van der Waals surface area contributed by atoms with E-state index in [-0.39, 0.29) is 65.8 Å². The number of carbonyl (C=O) groups is 2. The smallest absolute Gasteiger partial charge is 0.317 e. The number of allylic oxidation sites excluding steroid dienone is 1. The van der Waals surface area contributed by atoms with Crippen molar-refractivity contribution in [3.05, 3.63) is 155 Å². The number of rotatable bonds is 12. The number of phenolic OH excluding ortho intramolecular Hbond substituents is 3. The molecule has 11 heteroatoms. The van der Waals surface area contributed by atoms with E-state index in [1.54, 1.807) is 24.3 Å². The fourth-order valence-corrected chi connectivity index (χ4v) is 15.2. The second-order valence-corrected chi connectivity index (χ2v) is 21.7. The molecule has 0 aromatic heterocycles. The molecule has 0 saturated heterocycles. The lowest BCUT2D eigenvalue weighted by atomic mass is 9.40. The quantitative estimate of drug-likeness (QED) is 0.0739. The van der Waals surface area contributed by atoms with Gasteiger partial charge in [-0.1, -0.05) is 91.4 Å². The first kappa shape index (κ1) is 49.4. The van der Waals surface area contributed by atoms with Crippen molar-refractivity contribution < 1.29 is 54.1 Å². The van der Waals surface area contributed by atoms with Gasteiger partial charge in [-0.2, -0.15) is 0 Å². The Morgan fingerprint density at radius 2 is 1.50 bits per heavy atom. The summed E-state index contributed by atoms with van der Waals surface area (Å²) in [6.07, 6.45) is 7.01. The number of hydrogen-bond donors (Lipinski definition) is 5. The largest absolute Gasteiger partial charge is 0.508 e. The van der Waals surface area contributed by atoms with Crippen molar-refractivity contribution in [2.24, 2.45) is 29.1 Å². The molecule has 11 rings (SSSR count). The highest BCUT2D eigenvalue weighted by Crippen LogP contribution is 2.70. The summed E-state index contributed by atoms with van der Waals surface area (Å²) in [6, 6.07) is 36.9. The summed E-state index contributed by atoms with van der Waals surface area (Å²) in [6.45, 7) is 1.41. The van der Waals surface area contributed by atoms with Crippen LogP contribution in [0, 0.1) is 29.1 Å². The highest BCUT2D eigenvalue weighted by Gasteiger charge is 2.66. The predicted molar refractivity (Wildman–Crippen MR) is 282 cm³/mol. The van der Waals surface area contributed by atoms with Crippen LogP contribution in [0.15, 0.2) is 121 Å². The molecule has 6 aromatic carbocycles. The lowest BCUT2D eigenvalue weighted by molar-refractivity contribution is -0.179. The summed E-state index contributed by atoms with van der Waals surface area (Å²) < 4.78 is 25.4. The highest BCUT2D eigenvalue weighted by atomic mass is 16.6. The lowest BCUT2D eigenvalue weighted by Crippen LogP contribution is -2.62. The zero-order chi connectivity index (χ0) is 51.5. The maximum Gasteiger partial charge on any atom is 0.317 e. The Morgan fingerprint density at radius 3 is 2.24 bits per heavy atom. The number of fused-ring (bicyclic) bond motifs is 5. The van der Waals surface area contributed by atoms with Crippen LogP contribution in [0.5, 0.6) is 28.7 Å². The van der Waals surface area contributed by atoms with Crippen LogP contribution in [0.3, 0.4) is 0 Å². The van der Waals surface area contributed by atoms with Crippen LogP contribution < -0.4 is 9.47 Å². The Balaban J connectivity index is 1.11. The number of phenols is 3. The molecular weight excluding hydrogens is 933 g/mol. The first-order valence-electron chi connectivity index (χ1n) is 26.4. The van der Waals surface area contributed by atoms with E-state index in [9.17, 15) is 30.3 Å². The SMILES string of the molecule is COc1cc2c(cc1O)C1CC(O)C3Cc4cc(O)c(OC)cc4C4CC(OC(=O)C5(c6ccc7cc(O)cc(-c8ccccc8)c7c6)CCCC5CCCO)CC(OC(C)=O)C(C2)C1(C=Cc1ccccc1)C43. The van der Waals surface area contributed by atoms with Gasteiger partial charge in [0, 0.05) is 31.3 Å². The monoisotopic (exact) mass is 998 g/mol. The molecule has 0 spiro atoms. The summed E-state index contributed by atoms with van der Waals surface area (Å²) >= 11 is 0. The molecule has 5 N–H and O–H groups in total. The van der Waals surface area contributed by atoms with E-state index in [1.807, 2.05) is 72.8 Å². The molecule has 0 aliphatic heterocycles. The third-order valence-corrected chi connectivity index (χ3v) is 18.1. The van der Waals surface area contributed by atoms with Gasteiger partial charge in [0.1, 0.15) is 18.0 Å². The molecule has 5 aliphatic rings. The predicted octanol–water partition coefficient (Wildman–Crippen LogP) is 11.1. The van der Waals surface area contributed by atoms with Crippen molar-refractivity contribution in [1.29, 1.82) is 0 Å². The zero-order valence-electron chi connectivity index (χ0n) is 42.3. The number of ether oxygens (including phenoxy) is 4. The molecule has 3 saturated carbocycles. The van der Waals surface area contributed by atoms with Gasteiger partial charge in [0.2, 0.25) is 0 Å². The molecule has 74 heavy (non-hydrogen) atoms. The van der Waals surface area contributed by atoms with Crippen LogP contribution in [0.4, 0.5) is 0 Å². The van der Waals surface area contributed by atoms with Crippen molar-refractivity contribution in [2.45, 2.75) is 107 Å². The van der Waals surface area contributed by atoms with Gasteiger partial charge < -0.3 is 44.5 Å². The van der Waals surface area contributed by atoms with E-state index >= 15 is 4.79 Å². The molecule has 384 valence electrons. The summed E-state index contributed by atoms with van der Waals surface area (Å²) in [5, 5.41) is 58.5. The standard InChI is InChI=1S/C63H66O11/c1-36(65)73-57-32-45(74-61(70)62(21-10-16-42(62)17-11-23-64)43-19-18-39-24-44(66)30-47(46(39)29-43)38-14-8-5-9-15-38)31-50-48-34-59(72-3)55(68)27-40(48)25-51-54(67)35-52-49-33-56(69)58(71-2)28-41(49)26-53(57)63(52,60(50)51)22-20-37-12-6-4-7-13-37/h4-9,12-15,18-20,22,24,27-30,33-34,42,45,50-54,57,60,64,66-69H,10-11,16-17,21,23,25-26,31-32,35H2,1-3H3. The van der Waals surface area contributed by atoms with Crippen molar-refractivity contribution >= 4 is 28.8 Å². The molecule has 6 aromatic rings. The summed E-state index contributed by atoms with van der Waals surface area (Å²) in [4.78, 5) is 29.8. The molecule has 11 atom stereocenters. The Bertz CT molecular complexity index is 3110. The van der Waals surface area contributed by atoms with E-state index in [0.29, 0.717) is 56.4 Å². The van der Waals surface area contributed by atoms with Crippen molar-refractivity contribution in [3.63, 3.8) is 0 Å². The van der Waals surface area contributed by atoms with E-state index in [0.717, 1.165) is 68.1 Å². The zero-order valence-corrected chi connectivity index (χ0v) is 42.3. The second kappa shape index (κ2) is 19.8. The molecule has 0 amide bonds. The van der Waals surface area contributed by atoms with Gasteiger partial charge in [0.05, 0.1) is 25.7 Å². The first-order valence-corrected chi connectivity index (χ1v) is 26.4. The number of aromatic hydroxyl groups is 3. The van der Waals surface area contributed by atoms with Crippen LogP contribution in [-0.2, 0) is 37.3 Å². The molecule has 0 bridgehead atoms. The highest BCUT2D eigenvalue weighted by molar-refractivity contribution is 5.99. The van der Waals surface area contributed by atoms with Crippen LogP contribution in [0.2, 0.25) is 0 Å². The summed E-state index contributed by atoms with van der Waals surface area (Å²) in [5.74, 6) is -1.99. The van der Waals surface area contributed by atoms with E-state index in [1.165, 1.54) is 21.1 Å². The maximum atomic E-state index is 16.1. The van der Waals surface area contributed by atoms with Gasteiger partial charge >= 0.3 is 11.9 Å². The minimum absolute atomic E-state index is 0.00214. The van der Waals surface area contributed by atoms with Crippen LogP contribution in [0.25, 0.3) is 28.0 Å². The van der Waals surface area contributed by atoms with Gasteiger partial charge in [-0.25, -0.2) is 0 Å². The van der Waals surface area contributed by atoms with E-state index < -0.39 is 41.0 Å². The maximum absolute atomic E-state index is 16.1. The average Bonchev–Trinajstić information content (AvgIpc) is 3.87. The van der Waals surface area contributed by atoms with Gasteiger partial charge in [0.15, 0.2) is 23.0 Å². The Hall–Kier alpha value is -6.82. The van der Waals surface area contributed by atoms with Crippen LogP contribution in [0.1, 0.15) is 104 Å². The fourth-order valence-electron chi connectivity index (χ4n) is 15.2. The number of hydrogen-bond acceptors (Lipinski definition) is 11. The number of benzene rings is 6. The third kappa shape index (κ3) is 8.36. The second-order valence-electron chi connectivity index (χ2n) is 21.7. The first-order chi connectivity index (χ1) is 35.9.